The summed E-state index contributed by atoms with van der Waals surface area (Å²) in [6.07, 6.45) is 5.38. The van der Waals surface area contributed by atoms with E-state index in [9.17, 15) is 0 Å². The quantitative estimate of drug-likeness (QED) is 0.745. The molecule has 0 aromatic heterocycles. The van der Waals surface area contributed by atoms with Crippen molar-refractivity contribution in [2.24, 2.45) is 5.73 Å². The summed E-state index contributed by atoms with van der Waals surface area (Å²) in [4.78, 5) is 2.58. The fraction of sp³-hybridized carbons (Fsp3) is 1.00. The maximum Gasteiger partial charge on any atom is 0.0332 e. The summed E-state index contributed by atoms with van der Waals surface area (Å²) < 4.78 is 0. The van der Waals surface area contributed by atoms with E-state index in [1.54, 1.807) is 0 Å². The summed E-state index contributed by atoms with van der Waals surface area (Å²) in [6, 6.07) is 0.800. The van der Waals surface area contributed by atoms with Crippen LogP contribution in [0.2, 0.25) is 0 Å². The van der Waals surface area contributed by atoms with Crippen molar-refractivity contribution >= 4 is 11.8 Å². The lowest BCUT2D eigenvalue weighted by Gasteiger charge is -2.50. The van der Waals surface area contributed by atoms with E-state index >= 15 is 0 Å². The third-order valence-corrected chi connectivity index (χ3v) is 5.01. The molecule has 0 aromatic carbocycles. The third-order valence-electron chi connectivity index (χ3n) is 3.87. The second-order valence-corrected chi connectivity index (χ2v) is 5.56. The molecule has 1 aliphatic heterocycles. The van der Waals surface area contributed by atoms with Crippen molar-refractivity contribution < 1.29 is 0 Å². The topological polar surface area (TPSA) is 29.3 Å². The number of hydrogen-bond acceptors (Lipinski definition) is 3. The molecule has 1 saturated carbocycles. The van der Waals surface area contributed by atoms with Crippen molar-refractivity contribution in [2.45, 2.75) is 37.3 Å². The van der Waals surface area contributed by atoms with Gasteiger partial charge in [-0.15, -0.1) is 0 Å². The zero-order valence-corrected chi connectivity index (χ0v) is 9.28. The van der Waals surface area contributed by atoms with Gasteiger partial charge in [-0.1, -0.05) is 0 Å². The van der Waals surface area contributed by atoms with Crippen LogP contribution in [-0.2, 0) is 0 Å². The molecule has 2 nitrogen and oxygen atoms in total. The minimum absolute atomic E-state index is 0.384. The summed E-state index contributed by atoms with van der Waals surface area (Å²) in [6.45, 7) is 0.852. The maximum absolute atomic E-state index is 5.89. The molecule has 0 bridgehead atoms. The molecule has 0 aromatic rings. The molecule has 2 N–H and O–H groups in total. The summed E-state index contributed by atoms with van der Waals surface area (Å²) in [7, 11) is 2.28. The van der Waals surface area contributed by atoms with Gasteiger partial charge in [0.1, 0.15) is 0 Å². The van der Waals surface area contributed by atoms with Crippen LogP contribution in [0.5, 0.6) is 0 Å². The standard InChI is InChI=1S/C10H20N2S/c1-12(9-3-6-13-7-9)10(8-11)4-2-5-10/h9H,2-8,11H2,1H3. The van der Waals surface area contributed by atoms with Crippen LogP contribution in [0.1, 0.15) is 25.7 Å². The van der Waals surface area contributed by atoms with Gasteiger partial charge < -0.3 is 5.73 Å². The van der Waals surface area contributed by atoms with Gasteiger partial charge in [0.2, 0.25) is 0 Å². The zero-order valence-electron chi connectivity index (χ0n) is 8.46. The first-order valence-corrected chi connectivity index (χ1v) is 6.45. The highest BCUT2D eigenvalue weighted by Gasteiger charge is 2.42. The second-order valence-electron chi connectivity index (χ2n) is 4.41. The van der Waals surface area contributed by atoms with E-state index in [1.165, 1.54) is 37.2 Å². The Hall–Kier alpha value is 0.270. The van der Waals surface area contributed by atoms with Crippen LogP contribution in [0.3, 0.4) is 0 Å². The number of nitrogens with zero attached hydrogens (tertiary/aromatic N) is 1. The number of hydrogen-bond donors (Lipinski definition) is 1. The third kappa shape index (κ3) is 1.62. The van der Waals surface area contributed by atoms with Crippen LogP contribution in [0, 0.1) is 0 Å². The molecule has 3 heteroatoms. The molecule has 1 aliphatic carbocycles. The normalized spacial score (nSPS) is 32.1. The van der Waals surface area contributed by atoms with Crippen LogP contribution < -0.4 is 5.73 Å². The predicted molar refractivity (Wildman–Crippen MR) is 59.1 cm³/mol. The molecule has 1 atom stereocenters. The lowest BCUT2D eigenvalue weighted by atomic mass is 9.75. The summed E-state index contributed by atoms with van der Waals surface area (Å²) in [5, 5.41) is 0. The molecule has 1 saturated heterocycles. The monoisotopic (exact) mass is 200 g/mol. The van der Waals surface area contributed by atoms with E-state index in [1.807, 2.05) is 0 Å². The lowest BCUT2D eigenvalue weighted by molar-refractivity contribution is 0.0193. The highest BCUT2D eigenvalue weighted by atomic mass is 32.2. The Morgan fingerprint density at radius 2 is 2.31 bits per heavy atom. The van der Waals surface area contributed by atoms with Crippen molar-refractivity contribution in [3.05, 3.63) is 0 Å². The molecular weight excluding hydrogens is 180 g/mol. The molecular formula is C10H20N2S. The maximum atomic E-state index is 5.89. The number of thioether (sulfide) groups is 1. The molecule has 0 radical (unpaired) electrons. The predicted octanol–water partition coefficient (Wildman–Crippen LogP) is 1.31. The smallest absolute Gasteiger partial charge is 0.0332 e. The fourth-order valence-corrected chi connectivity index (χ4v) is 3.77. The number of rotatable bonds is 3. The van der Waals surface area contributed by atoms with Gasteiger partial charge in [-0.25, -0.2) is 0 Å². The van der Waals surface area contributed by atoms with Gasteiger partial charge in [0.05, 0.1) is 0 Å². The van der Waals surface area contributed by atoms with Crippen molar-refractivity contribution in [1.29, 1.82) is 0 Å². The van der Waals surface area contributed by atoms with Crippen molar-refractivity contribution in [2.75, 3.05) is 25.1 Å². The SMILES string of the molecule is CN(C1CCSC1)C1(CN)CCC1. The molecule has 0 amide bonds. The highest BCUT2D eigenvalue weighted by Crippen LogP contribution is 2.39. The first-order chi connectivity index (χ1) is 6.28. The van der Waals surface area contributed by atoms with Crippen molar-refractivity contribution in [3.63, 3.8) is 0 Å². The van der Waals surface area contributed by atoms with E-state index in [-0.39, 0.29) is 0 Å². The summed E-state index contributed by atoms with van der Waals surface area (Å²) >= 11 is 2.09. The van der Waals surface area contributed by atoms with Crippen LogP contribution >= 0.6 is 11.8 Å². The molecule has 76 valence electrons. The minimum atomic E-state index is 0.384. The molecule has 2 aliphatic rings. The first-order valence-electron chi connectivity index (χ1n) is 5.29. The van der Waals surface area contributed by atoms with E-state index in [0.717, 1.165) is 12.6 Å². The second kappa shape index (κ2) is 3.79. The summed E-state index contributed by atoms with van der Waals surface area (Å²) in [5.41, 5.74) is 6.27. The molecule has 2 fully saturated rings. The molecule has 0 spiro atoms. The van der Waals surface area contributed by atoms with Crippen molar-refractivity contribution in [3.8, 4) is 0 Å². The zero-order chi connectivity index (χ0) is 9.31. The Balaban J connectivity index is 1.97. The fourth-order valence-electron chi connectivity index (χ4n) is 2.50. The molecule has 2 rings (SSSR count). The van der Waals surface area contributed by atoms with Gasteiger partial charge in [-0.3, -0.25) is 4.90 Å². The Morgan fingerprint density at radius 3 is 2.69 bits per heavy atom. The number of nitrogens with two attached hydrogens (primary N) is 1. The van der Waals surface area contributed by atoms with Gasteiger partial charge in [-0.05, 0) is 38.5 Å². The largest absolute Gasteiger partial charge is 0.329 e. The van der Waals surface area contributed by atoms with Gasteiger partial charge in [0, 0.05) is 23.9 Å². The Morgan fingerprint density at radius 1 is 1.54 bits per heavy atom. The van der Waals surface area contributed by atoms with Crippen molar-refractivity contribution in [1.82, 2.24) is 4.90 Å². The van der Waals surface area contributed by atoms with Crippen LogP contribution in [0.25, 0.3) is 0 Å². The number of likely N-dealkylation sites (N-methyl/N-ethyl adjacent to an activating group) is 1. The molecule has 13 heavy (non-hydrogen) atoms. The van der Waals surface area contributed by atoms with E-state index in [0.29, 0.717) is 5.54 Å². The highest BCUT2D eigenvalue weighted by molar-refractivity contribution is 7.99. The molecule has 1 unspecified atom stereocenters. The molecule has 1 heterocycles. The van der Waals surface area contributed by atoms with Crippen LogP contribution in [0.15, 0.2) is 0 Å². The average Bonchev–Trinajstić information content (AvgIpc) is 2.54. The van der Waals surface area contributed by atoms with Gasteiger partial charge >= 0.3 is 0 Å². The van der Waals surface area contributed by atoms with Crippen LogP contribution in [0.4, 0.5) is 0 Å². The van der Waals surface area contributed by atoms with E-state index < -0.39 is 0 Å². The average molecular weight is 200 g/mol. The van der Waals surface area contributed by atoms with E-state index in [4.69, 9.17) is 5.73 Å². The Bertz CT molecular complexity index is 168. The summed E-state index contributed by atoms with van der Waals surface area (Å²) in [5.74, 6) is 2.66. The van der Waals surface area contributed by atoms with Crippen LogP contribution in [-0.4, -0.2) is 41.6 Å². The lowest BCUT2D eigenvalue weighted by Crippen LogP contribution is -2.60. The van der Waals surface area contributed by atoms with Gasteiger partial charge in [-0.2, -0.15) is 11.8 Å². The first kappa shape index (κ1) is 9.81. The minimum Gasteiger partial charge on any atom is -0.329 e. The Labute approximate surface area is 85.2 Å². The van der Waals surface area contributed by atoms with Gasteiger partial charge in [0.15, 0.2) is 0 Å². The van der Waals surface area contributed by atoms with Gasteiger partial charge in [0.25, 0.3) is 0 Å². The Kier molecular flexibility index (Phi) is 2.86. The van der Waals surface area contributed by atoms with E-state index in [2.05, 4.69) is 23.7 Å².